The number of methoxy groups -OCH3 is 1. The first kappa shape index (κ1) is 17.0. The zero-order valence-electron chi connectivity index (χ0n) is 12.8. The van der Waals surface area contributed by atoms with E-state index < -0.39 is 22.9 Å². The minimum Gasteiger partial charge on any atom is -0.495 e. The molecule has 0 unspecified atom stereocenters. The number of non-ortho nitro benzene ring substituents is 1. The molecule has 2 rings (SSSR count). The summed E-state index contributed by atoms with van der Waals surface area (Å²) >= 11 is 0. The number of hydrogen-bond acceptors (Lipinski definition) is 7. The van der Waals surface area contributed by atoms with Crippen molar-refractivity contribution in [3.8, 4) is 5.75 Å². The third-order valence-electron chi connectivity index (χ3n) is 3.03. The molecule has 0 fully saturated rings. The Balaban J connectivity index is 2.09. The van der Waals surface area contributed by atoms with E-state index in [1.807, 2.05) is 0 Å². The molecule has 2 aromatic rings. The zero-order valence-corrected chi connectivity index (χ0v) is 12.8. The van der Waals surface area contributed by atoms with Crippen LogP contribution in [0.1, 0.15) is 17.5 Å². The van der Waals surface area contributed by atoms with Gasteiger partial charge in [0.1, 0.15) is 5.75 Å². The maximum absolute atomic E-state index is 12.1. The summed E-state index contributed by atoms with van der Waals surface area (Å²) in [5.41, 5.74) is -0.121. The van der Waals surface area contributed by atoms with Gasteiger partial charge in [0.2, 0.25) is 5.76 Å². The van der Waals surface area contributed by atoms with Crippen LogP contribution in [0, 0.1) is 10.1 Å². The Morgan fingerprint density at radius 2 is 2.08 bits per heavy atom. The predicted molar refractivity (Wildman–Crippen MR) is 81.9 cm³/mol. The number of carbonyl (C=O) groups excluding carboxylic acids is 2. The van der Waals surface area contributed by atoms with Crippen LogP contribution in [0.4, 0.5) is 11.4 Å². The Morgan fingerprint density at radius 1 is 1.33 bits per heavy atom. The molecule has 0 saturated carbocycles. The van der Waals surface area contributed by atoms with Crippen molar-refractivity contribution in [2.75, 3.05) is 12.4 Å². The van der Waals surface area contributed by atoms with Crippen molar-refractivity contribution in [1.29, 1.82) is 0 Å². The fourth-order valence-electron chi connectivity index (χ4n) is 1.81. The third-order valence-corrected chi connectivity index (χ3v) is 3.03. The van der Waals surface area contributed by atoms with E-state index in [2.05, 4.69) is 5.32 Å². The van der Waals surface area contributed by atoms with Gasteiger partial charge < -0.3 is 19.2 Å². The smallest absolute Gasteiger partial charge is 0.374 e. The molecule has 0 saturated heterocycles. The van der Waals surface area contributed by atoms with Crippen LogP contribution in [0.25, 0.3) is 0 Å². The van der Waals surface area contributed by atoms with E-state index in [-0.39, 0.29) is 22.9 Å². The average Bonchev–Trinajstić information content (AvgIpc) is 3.09. The van der Waals surface area contributed by atoms with Gasteiger partial charge in [-0.05, 0) is 25.1 Å². The largest absolute Gasteiger partial charge is 0.495 e. The van der Waals surface area contributed by atoms with Crippen LogP contribution in [0.15, 0.2) is 41.0 Å². The standard InChI is InChI=1S/C15H14N2O7/c1-9(24-15(19)13-4-3-7-23-13)14(18)16-11-8-10(17(20)21)5-6-12(11)22-2/h3-9H,1-2H3,(H,16,18)/t9-/m0/s1. The van der Waals surface area contributed by atoms with Crippen LogP contribution in [-0.4, -0.2) is 30.0 Å². The van der Waals surface area contributed by atoms with Crippen LogP contribution in [0.2, 0.25) is 0 Å². The molecule has 0 aliphatic carbocycles. The summed E-state index contributed by atoms with van der Waals surface area (Å²) in [6.07, 6.45) is 0.154. The lowest BCUT2D eigenvalue weighted by molar-refractivity contribution is -0.384. The Morgan fingerprint density at radius 3 is 2.67 bits per heavy atom. The van der Waals surface area contributed by atoms with Crippen LogP contribution in [0.3, 0.4) is 0 Å². The van der Waals surface area contributed by atoms with E-state index in [1.54, 1.807) is 0 Å². The van der Waals surface area contributed by atoms with Crippen LogP contribution in [-0.2, 0) is 9.53 Å². The summed E-state index contributed by atoms with van der Waals surface area (Å²) in [4.78, 5) is 34.1. The molecule has 24 heavy (non-hydrogen) atoms. The third kappa shape index (κ3) is 3.88. The van der Waals surface area contributed by atoms with Crippen molar-refractivity contribution in [3.05, 3.63) is 52.5 Å². The van der Waals surface area contributed by atoms with Gasteiger partial charge in [-0.3, -0.25) is 14.9 Å². The number of furan rings is 1. The number of esters is 1. The van der Waals surface area contributed by atoms with Crippen LogP contribution >= 0.6 is 0 Å². The van der Waals surface area contributed by atoms with Crippen molar-refractivity contribution >= 4 is 23.3 Å². The molecule has 1 aromatic carbocycles. The second-order valence-electron chi connectivity index (χ2n) is 4.66. The maximum atomic E-state index is 12.1. The van der Waals surface area contributed by atoms with Crippen molar-refractivity contribution < 1.29 is 28.4 Å². The van der Waals surface area contributed by atoms with Crippen molar-refractivity contribution in [2.45, 2.75) is 13.0 Å². The molecule has 1 N–H and O–H groups in total. The zero-order chi connectivity index (χ0) is 17.7. The summed E-state index contributed by atoms with van der Waals surface area (Å²) in [7, 11) is 1.36. The Hall–Kier alpha value is -3.36. The van der Waals surface area contributed by atoms with E-state index >= 15 is 0 Å². The highest BCUT2D eigenvalue weighted by atomic mass is 16.6. The van der Waals surface area contributed by atoms with Crippen molar-refractivity contribution in [1.82, 2.24) is 0 Å². The molecule has 0 bridgehead atoms. The highest BCUT2D eigenvalue weighted by Gasteiger charge is 2.22. The predicted octanol–water partition coefficient (Wildman–Crippen LogP) is 2.38. The van der Waals surface area contributed by atoms with Gasteiger partial charge in [0, 0.05) is 12.1 Å². The van der Waals surface area contributed by atoms with Crippen LogP contribution in [0.5, 0.6) is 5.75 Å². The van der Waals surface area contributed by atoms with Crippen molar-refractivity contribution in [2.24, 2.45) is 0 Å². The van der Waals surface area contributed by atoms with E-state index in [0.29, 0.717) is 0 Å². The minimum absolute atomic E-state index is 0.0393. The van der Waals surface area contributed by atoms with Gasteiger partial charge in [-0.25, -0.2) is 4.79 Å². The number of nitrogens with zero attached hydrogens (tertiary/aromatic N) is 1. The summed E-state index contributed by atoms with van der Waals surface area (Å²) in [5, 5.41) is 13.3. The second kappa shape index (κ2) is 7.27. The lowest BCUT2D eigenvalue weighted by Gasteiger charge is -2.14. The number of ether oxygens (including phenoxy) is 2. The van der Waals surface area contributed by atoms with Gasteiger partial charge in [0.25, 0.3) is 11.6 Å². The first-order valence-corrected chi connectivity index (χ1v) is 6.80. The fourth-order valence-corrected chi connectivity index (χ4v) is 1.81. The molecule has 1 amide bonds. The number of amides is 1. The van der Waals surface area contributed by atoms with E-state index in [1.165, 1.54) is 44.6 Å². The van der Waals surface area contributed by atoms with Gasteiger partial charge in [0.15, 0.2) is 6.10 Å². The lowest BCUT2D eigenvalue weighted by Crippen LogP contribution is -2.30. The molecular weight excluding hydrogens is 320 g/mol. The van der Waals surface area contributed by atoms with Crippen LogP contribution < -0.4 is 10.1 Å². The molecule has 0 radical (unpaired) electrons. The first-order chi connectivity index (χ1) is 11.4. The van der Waals surface area contributed by atoms with Gasteiger partial charge in [-0.15, -0.1) is 0 Å². The van der Waals surface area contributed by atoms with Crippen molar-refractivity contribution in [3.63, 3.8) is 0 Å². The number of nitro groups is 1. The molecule has 1 atom stereocenters. The number of rotatable bonds is 6. The number of benzene rings is 1. The number of anilines is 1. The van der Waals surface area contributed by atoms with E-state index in [9.17, 15) is 19.7 Å². The molecule has 9 heteroatoms. The van der Waals surface area contributed by atoms with Gasteiger partial charge in [-0.2, -0.15) is 0 Å². The van der Waals surface area contributed by atoms with E-state index in [0.717, 1.165) is 6.07 Å². The molecule has 126 valence electrons. The van der Waals surface area contributed by atoms with Gasteiger partial charge in [-0.1, -0.05) is 0 Å². The first-order valence-electron chi connectivity index (χ1n) is 6.80. The number of nitro benzene ring substituents is 1. The molecule has 0 aliphatic rings. The summed E-state index contributed by atoms with van der Waals surface area (Å²) in [5.74, 6) is -1.27. The number of carbonyl (C=O) groups is 2. The highest BCUT2D eigenvalue weighted by molar-refractivity contribution is 5.97. The number of nitrogens with one attached hydrogen (secondary N) is 1. The maximum Gasteiger partial charge on any atom is 0.374 e. The lowest BCUT2D eigenvalue weighted by atomic mass is 10.2. The topological polar surface area (TPSA) is 121 Å². The molecular formula is C15H14N2O7. The summed E-state index contributed by atoms with van der Waals surface area (Å²) < 4.78 is 14.9. The normalized spacial score (nSPS) is 11.4. The Labute approximate surface area is 136 Å². The SMILES string of the molecule is COc1ccc([N+](=O)[O-])cc1NC(=O)[C@H](C)OC(=O)c1ccco1. The fraction of sp³-hybridized carbons (Fsp3) is 0.200. The molecule has 0 aliphatic heterocycles. The molecule has 1 heterocycles. The molecule has 1 aromatic heterocycles. The second-order valence-corrected chi connectivity index (χ2v) is 4.66. The Bertz CT molecular complexity index is 755. The summed E-state index contributed by atoms with van der Waals surface area (Å²) in [6, 6.07) is 6.66. The molecule has 0 spiro atoms. The van der Waals surface area contributed by atoms with Gasteiger partial charge in [0.05, 0.1) is 24.0 Å². The minimum atomic E-state index is -1.15. The summed E-state index contributed by atoms with van der Waals surface area (Å²) in [6.45, 7) is 1.36. The Kier molecular flexibility index (Phi) is 5.15. The quantitative estimate of drug-likeness (QED) is 0.489. The monoisotopic (exact) mass is 334 g/mol. The van der Waals surface area contributed by atoms with Gasteiger partial charge >= 0.3 is 5.97 Å². The van der Waals surface area contributed by atoms with E-state index in [4.69, 9.17) is 13.9 Å². The molecule has 9 nitrogen and oxygen atoms in total. The number of hydrogen-bond donors (Lipinski definition) is 1. The average molecular weight is 334 g/mol. The highest BCUT2D eigenvalue weighted by Crippen LogP contribution is 2.29.